The van der Waals surface area contributed by atoms with Crippen molar-refractivity contribution in [2.75, 3.05) is 0 Å². The molecule has 0 unspecified atom stereocenters. The molecule has 0 bridgehead atoms. The SMILES string of the molecule is N#Cc1ccc(C(=O)Cc2nc(=O)[nH]cc2Cl)cc1. The number of Topliss-reactive ketones (excluding diaryl/α,β-unsaturated/α-hetero) is 1. The molecule has 2 rings (SSSR count). The topological polar surface area (TPSA) is 86.6 Å². The van der Waals surface area contributed by atoms with Gasteiger partial charge >= 0.3 is 5.69 Å². The van der Waals surface area contributed by atoms with E-state index in [-0.39, 0.29) is 22.9 Å². The Hall–Kier alpha value is -2.45. The molecule has 0 aliphatic heterocycles. The van der Waals surface area contributed by atoms with Crippen LogP contribution >= 0.6 is 11.6 Å². The number of aromatic amines is 1. The number of nitrogens with one attached hydrogen (secondary N) is 1. The molecule has 1 aromatic heterocycles. The highest BCUT2D eigenvalue weighted by Crippen LogP contribution is 2.13. The first kappa shape index (κ1) is 13.0. The van der Waals surface area contributed by atoms with Gasteiger partial charge in [-0.1, -0.05) is 23.7 Å². The smallest absolute Gasteiger partial charge is 0.311 e. The molecule has 1 N–H and O–H groups in total. The fourth-order valence-electron chi connectivity index (χ4n) is 1.53. The Kier molecular flexibility index (Phi) is 3.74. The van der Waals surface area contributed by atoms with Crippen LogP contribution in [-0.4, -0.2) is 15.8 Å². The van der Waals surface area contributed by atoms with Crippen LogP contribution in [0.5, 0.6) is 0 Å². The number of aromatic nitrogens is 2. The van der Waals surface area contributed by atoms with Crippen molar-refractivity contribution in [1.29, 1.82) is 5.26 Å². The minimum atomic E-state index is -0.549. The molecule has 0 amide bonds. The molecule has 0 atom stereocenters. The third-order valence-electron chi connectivity index (χ3n) is 2.50. The van der Waals surface area contributed by atoms with Crippen molar-refractivity contribution in [1.82, 2.24) is 9.97 Å². The summed E-state index contributed by atoms with van der Waals surface area (Å²) in [6.07, 6.45) is 1.24. The number of nitrogens with zero attached hydrogens (tertiary/aromatic N) is 2. The number of rotatable bonds is 3. The maximum atomic E-state index is 12.0. The number of nitriles is 1. The normalized spacial score (nSPS) is 9.89. The predicted molar refractivity (Wildman–Crippen MR) is 69.1 cm³/mol. The zero-order valence-corrected chi connectivity index (χ0v) is 10.4. The fourth-order valence-corrected chi connectivity index (χ4v) is 1.69. The van der Waals surface area contributed by atoms with Gasteiger partial charge in [-0.2, -0.15) is 10.2 Å². The largest absolute Gasteiger partial charge is 0.345 e. The maximum Gasteiger partial charge on any atom is 0.345 e. The molecule has 0 saturated carbocycles. The molecule has 0 spiro atoms. The van der Waals surface area contributed by atoms with E-state index in [1.165, 1.54) is 6.20 Å². The van der Waals surface area contributed by atoms with E-state index in [0.717, 1.165) is 0 Å². The van der Waals surface area contributed by atoms with Gasteiger partial charge < -0.3 is 4.98 Å². The summed E-state index contributed by atoms with van der Waals surface area (Å²) in [4.78, 5) is 29.0. The average molecular weight is 274 g/mol. The maximum absolute atomic E-state index is 12.0. The van der Waals surface area contributed by atoms with Gasteiger partial charge in [0.15, 0.2) is 5.78 Å². The summed E-state index contributed by atoms with van der Waals surface area (Å²) >= 11 is 5.85. The van der Waals surface area contributed by atoms with Crippen molar-refractivity contribution >= 4 is 17.4 Å². The second kappa shape index (κ2) is 5.46. The number of ketones is 1. The van der Waals surface area contributed by atoms with Crippen molar-refractivity contribution in [3.63, 3.8) is 0 Å². The van der Waals surface area contributed by atoms with Crippen LogP contribution < -0.4 is 5.69 Å². The van der Waals surface area contributed by atoms with Crippen molar-refractivity contribution in [3.05, 3.63) is 62.8 Å². The van der Waals surface area contributed by atoms with Gasteiger partial charge in [-0.3, -0.25) is 4.79 Å². The van der Waals surface area contributed by atoms with Crippen molar-refractivity contribution < 1.29 is 4.79 Å². The van der Waals surface area contributed by atoms with Gasteiger partial charge in [-0.25, -0.2) is 4.79 Å². The molecule has 5 nitrogen and oxygen atoms in total. The van der Waals surface area contributed by atoms with E-state index in [0.29, 0.717) is 11.1 Å². The lowest BCUT2D eigenvalue weighted by Gasteiger charge is -2.02. The molecule has 0 fully saturated rings. The highest BCUT2D eigenvalue weighted by molar-refractivity contribution is 6.31. The minimum Gasteiger partial charge on any atom is -0.311 e. The van der Waals surface area contributed by atoms with Gasteiger partial charge in [0, 0.05) is 11.8 Å². The summed E-state index contributed by atoms with van der Waals surface area (Å²) in [6, 6.07) is 8.20. The van der Waals surface area contributed by atoms with Gasteiger partial charge in [0.2, 0.25) is 0 Å². The highest BCUT2D eigenvalue weighted by atomic mass is 35.5. The third kappa shape index (κ3) is 3.06. The Labute approximate surface area is 113 Å². The number of carbonyl (C=O) groups is 1. The van der Waals surface area contributed by atoms with Crippen LogP contribution in [0.15, 0.2) is 35.3 Å². The Morgan fingerprint density at radius 3 is 2.68 bits per heavy atom. The second-order valence-electron chi connectivity index (χ2n) is 3.79. The Morgan fingerprint density at radius 2 is 2.05 bits per heavy atom. The van der Waals surface area contributed by atoms with Gasteiger partial charge in [-0.15, -0.1) is 0 Å². The molecule has 94 valence electrons. The molecule has 0 saturated heterocycles. The van der Waals surface area contributed by atoms with Crippen LogP contribution in [-0.2, 0) is 6.42 Å². The first-order chi connectivity index (χ1) is 9.10. The first-order valence-corrected chi connectivity index (χ1v) is 5.75. The van der Waals surface area contributed by atoms with E-state index in [4.69, 9.17) is 16.9 Å². The van der Waals surface area contributed by atoms with E-state index >= 15 is 0 Å². The standard InChI is InChI=1S/C13H8ClN3O2/c14-10-7-16-13(19)17-11(10)5-12(18)9-3-1-8(6-15)2-4-9/h1-4,7H,5H2,(H,16,17,19). The average Bonchev–Trinajstić information content (AvgIpc) is 2.43. The number of halogens is 1. The van der Waals surface area contributed by atoms with Crippen LogP contribution in [0.2, 0.25) is 5.02 Å². The third-order valence-corrected chi connectivity index (χ3v) is 2.83. The Morgan fingerprint density at radius 1 is 1.37 bits per heavy atom. The van der Waals surface area contributed by atoms with Crippen molar-refractivity contribution in [3.8, 4) is 6.07 Å². The molecule has 19 heavy (non-hydrogen) atoms. The van der Waals surface area contributed by atoms with E-state index in [2.05, 4.69) is 9.97 Å². The molecule has 1 heterocycles. The summed E-state index contributed by atoms with van der Waals surface area (Å²) in [7, 11) is 0. The quantitative estimate of drug-likeness (QED) is 0.863. The first-order valence-electron chi connectivity index (χ1n) is 5.37. The zero-order valence-electron chi connectivity index (χ0n) is 9.68. The summed E-state index contributed by atoms with van der Waals surface area (Å²) < 4.78 is 0. The van der Waals surface area contributed by atoms with Crippen LogP contribution in [0.3, 0.4) is 0 Å². The summed E-state index contributed by atoms with van der Waals surface area (Å²) in [5, 5.41) is 8.91. The number of H-pyrrole nitrogens is 1. The van der Waals surface area contributed by atoms with Crippen LogP contribution in [0.1, 0.15) is 21.6 Å². The van der Waals surface area contributed by atoms with Gasteiger partial charge in [0.1, 0.15) is 0 Å². The van der Waals surface area contributed by atoms with E-state index < -0.39 is 5.69 Å². The van der Waals surface area contributed by atoms with E-state index in [1.54, 1.807) is 24.3 Å². The number of hydrogen-bond acceptors (Lipinski definition) is 4. The monoisotopic (exact) mass is 273 g/mol. The predicted octanol–water partition coefficient (Wildman–Crippen LogP) is 1.72. The molecule has 0 aliphatic carbocycles. The van der Waals surface area contributed by atoms with E-state index in [9.17, 15) is 9.59 Å². The highest BCUT2D eigenvalue weighted by Gasteiger charge is 2.11. The molecule has 0 aliphatic rings. The lowest BCUT2D eigenvalue weighted by Crippen LogP contribution is -2.15. The summed E-state index contributed by atoms with van der Waals surface area (Å²) in [6.45, 7) is 0. The second-order valence-corrected chi connectivity index (χ2v) is 4.20. The zero-order chi connectivity index (χ0) is 13.8. The van der Waals surface area contributed by atoms with Crippen LogP contribution in [0.4, 0.5) is 0 Å². The minimum absolute atomic E-state index is 0.0609. The van der Waals surface area contributed by atoms with E-state index in [1.807, 2.05) is 6.07 Å². The summed E-state index contributed by atoms with van der Waals surface area (Å²) in [5.74, 6) is -0.218. The lowest BCUT2D eigenvalue weighted by molar-refractivity contribution is 0.0992. The van der Waals surface area contributed by atoms with Gasteiger partial charge in [0.05, 0.1) is 28.8 Å². The number of carbonyl (C=O) groups excluding carboxylic acids is 1. The van der Waals surface area contributed by atoms with Crippen LogP contribution in [0, 0.1) is 11.3 Å². The van der Waals surface area contributed by atoms with Gasteiger partial charge in [0.25, 0.3) is 0 Å². The molecule has 2 aromatic rings. The number of hydrogen-bond donors (Lipinski definition) is 1. The molecule has 6 heteroatoms. The lowest BCUT2D eigenvalue weighted by atomic mass is 10.0. The molecular formula is C13H8ClN3O2. The fraction of sp³-hybridized carbons (Fsp3) is 0.0769. The molecular weight excluding hydrogens is 266 g/mol. The van der Waals surface area contributed by atoms with Crippen molar-refractivity contribution in [2.45, 2.75) is 6.42 Å². The molecule has 1 aromatic carbocycles. The molecule has 0 radical (unpaired) electrons. The van der Waals surface area contributed by atoms with Crippen LogP contribution in [0.25, 0.3) is 0 Å². The van der Waals surface area contributed by atoms with Gasteiger partial charge in [-0.05, 0) is 12.1 Å². The Bertz CT molecular complexity index is 714. The van der Waals surface area contributed by atoms with Crippen molar-refractivity contribution in [2.24, 2.45) is 0 Å². The Balaban J connectivity index is 2.23. The summed E-state index contributed by atoms with van der Waals surface area (Å²) in [5.41, 5.74) is 0.604. The number of benzene rings is 1.